The Morgan fingerprint density at radius 3 is 2.56 bits per heavy atom. The molecule has 7 heteroatoms. The number of ether oxygens (including phenoxy) is 1. The minimum Gasteiger partial charge on any atom is -0.496 e. The van der Waals surface area contributed by atoms with Crippen molar-refractivity contribution >= 4 is 40.5 Å². The minimum absolute atomic E-state index is 0.287. The molecule has 2 aromatic rings. The first-order chi connectivity index (χ1) is 13.0. The zero-order valence-corrected chi connectivity index (χ0v) is 17.0. The van der Waals surface area contributed by atoms with Gasteiger partial charge in [-0.2, -0.15) is 0 Å². The van der Waals surface area contributed by atoms with Gasteiger partial charge in [-0.3, -0.25) is 4.79 Å². The van der Waals surface area contributed by atoms with Crippen LogP contribution >= 0.6 is 23.2 Å². The number of amides is 1. The zero-order valence-electron chi connectivity index (χ0n) is 15.5. The van der Waals surface area contributed by atoms with E-state index in [1.807, 2.05) is 18.2 Å². The molecule has 0 bridgehead atoms. The van der Waals surface area contributed by atoms with Crippen LogP contribution in [0.1, 0.15) is 17.3 Å². The van der Waals surface area contributed by atoms with Gasteiger partial charge < -0.3 is 19.9 Å². The Hall–Kier alpha value is -1.95. The maximum absolute atomic E-state index is 12.9. The molecule has 0 radical (unpaired) electrons. The first-order valence-corrected chi connectivity index (χ1v) is 9.69. The van der Waals surface area contributed by atoms with E-state index in [1.165, 1.54) is 7.11 Å². The summed E-state index contributed by atoms with van der Waals surface area (Å²) in [5, 5.41) is 4.07. The van der Waals surface area contributed by atoms with E-state index in [1.54, 1.807) is 18.2 Å². The first-order valence-electron chi connectivity index (χ1n) is 8.94. The molecule has 3 rings (SSSR count). The van der Waals surface area contributed by atoms with Crippen LogP contribution in [0.2, 0.25) is 10.0 Å². The Labute approximate surface area is 169 Å². The maximum atomic E-state index is 12.9. The van der Waals surface area contributed by atoms with Gasteiger partial charge in [0, 0.05) is 31.2 Å². The van der Waals surface area contributed by atoms with Crippen molar-refractivity contribution in [2.45, 2.75) is 6.92 Å². The number of anilines is 2. The average Bonchev–Trinajstić information content (AvgIpc) is 2.68. The topological polar surface area (TPSA) is 44.8 Å². The largest absolute Gasteiger partial charge is 0.496 e. The van der Waals surface area contributed by atoms with Gasteiger partial charge in [-0.25, -0.2) is 0 Å². The maximum Gasteiger partial charge on any atom is 0.259 e. The lowest BCUT2D eigenvalue weighted by Gasteiger charge is -2.36. The molecule has 0 saturated carbocycles. The summed E-state index contributed by atoms with van der Waals surface area (Å²) in [7, 11) is 1.53. The van der Waals surface area contributed by atoms with Crippen LogP contribution in [0.3, 0.4) is 0 Å². The molecule has 0 atom stereocenters. The van der Waals surface area contributed by atoms with Crippen LogP contribution < -0.4 is 15.0 Å². The molecule has 0 spiro atoms. The Bertz CT molecular complexity index is 821. The predicted octanol–water partition coefficient (Wildman–Crippen LogP) is 4.40. The summed E-state index contributed by atoms with van der Waals surface area (Å²) >= 11 is 12.6. The monoisotopic (exact) mass is 407 g/mol. The molecule has 1 aliphatic heterocycles. The Morgan fingerprint density at radius 2 is 1.89 bits per heavy atom. The van der Waals surface area contributed by atoms with Gasteiger partial charge in [0.2, 0.25) is 0 Å². The predicted molar refractivity (Wildman–Crippen MR) is 112 cm³/mol. The lowest BCUT2D eigenvalue weighted by molar-refractivity contribution is 0.102. The van der Waals surface area contributed by atoms with Crippen molar-refractivity contribution in [2.24, 2.45) is 0 Å². The molecule has 1 saturated heterocycles. The Morgan fingerprint density at radius 1 is 1.15 bits per heavy atom. The fraction of sp³-hybridized carbons (Fsp3) is 0.350. The lowest BCUT2D eigenvalue weighted by atomic mass is 10.1. The molecule has 0 aromatic heterocycles. The van der Waals surface area contributed by atoms with Gasteiger partial charge in [0.15, 0.2) is 0 Å². The van der Waals surface area contributed by atoms with Gasteiger partial charge >= 0.3 is 0 Å². The molecule has 1 N–H and O–H groups in total. The number of methoxy groups -OCH3 is 1. The van der Waals surface area contributed by atoms with E-state index in [0.29, 0.717) is 27.0 Å². The highest BCUT2D eigenvalue weighted by atomic mass is 35.5. The van der Waals surface area contributed by atoms with Crippen molar-refractivity contribution in [3.05, 3.63) is 52.0 Å². The van der Waals surface area contributed by atoms with Gasteiger partial charge in [0.1, 0.15) is 5.75 Å². The number of halogens is 2. The van der Waals surface area contributed by atoms with Crippen LogP contribution in [0.15, 0.2) is 36.4 Å². The normalized spacial score (nSPS) is 14.9. The molecule has 5 nitrogen and oxygen atoms in total. The number of hydrogen-bond donors (Lipinski definition) is 1. The number of nitrogens with one attached hydrogen (secondary N) is 1. The Kier molecular flexibility index (Phi) is 6.47. The van der Waals surface area contributed by atoms with E-state index in [2.05, 4.69) is 22.0 Å². The van der Waals surface area contributed by atoms with Gasteiger partial charge in [-0.15, -0.1) is 0 Å². The highest BCUT2D eigenvalue weighted by molar-refractivity contribution is 6.34. The van der Waals surface area contributed by atoms with Crippen LogP contribution in [0.5, 0.6) is 5.75 Å². The molecule has 0 unspecified atom stereocenters. The summed E-state index contributed by atoms with van der Waals surface area (Å²) in [6.45, 7) is 6.86. The van der Waals surface area contributed by atoms with Crippen molar-refractivity contribution in [3.8, 4) is 5.75 Å². The third-order valence-electron chi connectivity index (χ3n) is 4.78. The quantitative estimate of drug-likeness (QED) is 0.797. The van der Waals surface area contributed by atoms with Crippen LogP contribution in [-0.4, -0.2) is 50.6 Å². The van der Waals surface area contributed by atoms with Gasteiger partial charge in [0.25, 0.3) is 5.91 Å². The fourth-order valence-electron chi connectivity index (χ4n) is 3.27. The van der Waals surface area contributed by atoms with E-state index in [4.69, 9.17) is 27.9 Å². The summed E-state index contributed by atoms with van der Waals surface area (Å²) in [6.07, 6.45) is 0. The number of nitrogens with zero attached hydrogens (tertiary/aromatic N) is 2. The summed E-state index contributed by atoms with van der Waals surface area (Å²) in [5.41, 5.74) is 1.91. The van der Waals surface area contributed by atoms with Crippen molar-refractivity contribution in [1.29, 1.82) is 0 Å². The highest BCUT2D eigenvalue weighted by Gasteiger charge is 2.22. The molecular formula is C20H23Cl2N3O2. The van der Waals surface area contributed by atoms with E-state index < -0.39 is 0 Å². The van der Waals surface area contributed by atoms with Crippen molar-refractivity contribution in [3.63, 3.8) is 0 Å². The van der Waals surface area contributed by atoms with E-state index in [0.717, 1.165) is 38.4 Å². The summed E-state index contributed by atoms with van der Waals surface area (Å²) in [5.74, 6) is 0.182. The third kappa shape index (κ3) is 4.49. The molecule has 27 heavy (non-hydrogen) atoms. The number of rotatable bonds is 5. The summed E-state index contributed by atoms with van der Waals surface area (Å²) in [4.78, 5) is 17.5. The minimum atomic E-state index is -0.287. The number of piperazine rings is 1. The summed E-state index contributed by atoms with van der Waals surface area (Å²) < 4.78 is 5.29. The zero-order chi connectivity index (χ0) is 19.4. The van der Waals surface area contributed by atoms with Crippen LogP contribution in [0, 0.1) is 0 Å². The summed E-state index contributed by atoms with van der Waals surface area (Å²) in [6, 6.07) is 10.5. The van der Waals surface area contributed by atoms with E-state index in [-0.39, 0.29) is 5.91 Å². The second kappa shape index (κ2) is 8.83. The van der Waals surface area contributed by atoms with Crippen LogP contribution in [0.4, 0.5) is 11.4 Å². The van der Waals surface area contributed by atoms with Crippen LogP contribution in [0.25, 0.3) is 0 Å². The molecule has 1 aliphatic rings. The van der Waals surface area contributed by atoms with Gasteiger partial charge in [-0.1, -0.05) is 36.2 Å². The molecule has 1 heterocycles. The Balaban J connectivity index is 1.87. The molecule has 0 aliphatic carbocycles. The number of carbonyl (C=O) groups excluding carboxylic acids is 1. The number of likely N-dealkylation sites (N-methyl/N-ethyl adjacent to an activating group) is 1. The third-order valence-corrected chi connectivity index (χ3v) is 5.32. The van der Waals surface area contributed by atoms with Crippen molar-refractivity contribution < 1.29 is 9.53 Å². The SMILES string of the molecule is CCN1CCN(c2c(Cl)cccc2NC(=O)c2cc(Cl)ccc2OC)CC1. The molecule has 1 fully saturated rings. The average molecular weight is 408 g/mol. The molecule has 144 valence electrons. The first kappa shape index (κ1) is 19.8. The second-order valence-corrected chi connectivity index (χ2v) is 7.20. The van der Waals surface area contributed by atoms with E-state index >= 15 is 0 Å². The fourth-order valence-corrected chi connectivity index (χ4v) is 3.74. The van der Waals surface area contributed by atoms with Gasteiger partial charge in [-0.05, 0) is 36.9 Å². The second-order valence-electron chi connectivity index (χ2n) is 6.36. The smallest absolute Gasteiger partial charge is 0.259 e. The van der Waals surface area contributed by atoms with Crippen LogP contribution in [-0.2, 0) is 0 Å². The number of hydrogen-bond acceptors (Lipinski definition) is 4. The van der Waals surface area contributed by atoms with Crippen molar-refractivity contribution in [1.82, 2.24) is 4.90 Å². The van der Waals surface area contributed by atoms with Crippen molar-refractivity contribution in [2.75, 3.05) is 50.1 Å². The van der Waals surface area contributed by atoms with Gasteiger partial charge in [0.05, 0.1) is 29.1 Å². The highest BCUT2D eigenvalue weighted by Crippen LogP contribution is 2.35. The lowest BCUT2D eigenvalue weighted by Crippen LogP contribution is -2.46. The molecular weight excluding hydrogens is 385 g/mol. The number of benzene rings is 2. The molecule has 1 amide bonds. The molecule has 2 aromatic carbocycles. The number of carbonyl (C=O) groups is 1. The van der Waals surface area contributed by atoms with E-state index in [9.17, 15) is 4.79 Å². The number of para-hydroxylation sites is 1. The standard InChI is InChI=1S/C20H23Cl2N3O2/c1-3-24-9-11-25(12-10-24)19-16(22)5-4-6-17(19)23-20(26)15-13-14(21)7-8-18(15)27-2/h4-8,13H,3,9-12H2,1-2H3,(H,23,26).